The van der Waals surface area contributed by atoms with Gasteiger partial charge in [-0.2, -0.15) is 0 Å². The normalized spacial score (nSPS) is 14.0. The quantitative estimate of drug-likeness (QED) is 0.390. The third kappa shape index (κ3) is 8.88. The highest BCUT2D eigenvalue weighted by atomic mass is 32.2. The van der Waals surface area contributed by atoms with E-state index in [1.54, 1.807) is 0 Å². The molecular weight excluding hydrogens is 383 g/mol. The summed E-state index contributed by atoms with van der Waals surface area (Å²) >= 11 is 0. The van der Waals surface area contributed by atoms with Crippen LogP contribution in [-0.4, -0.2) is 34.6 Å². The average molecular weight is 407 g/mol. The molecule has 1 aromatic rings. The molecule has 0 heterocycles. The molecule has 0 saturated carbocycles. The predicted molar refractivity (Wildman–Crippen MR) is 93.8 cm³/mol. The summed E-state index contributed by atoms with van der Waals surface area (Å²) in [5, 5.41) is 7.74. The Morgan fingerprint density at radius 2 is 1.73 bits per heavy atom. The molecular formula is C15H24N2O7PS-. The van der Waals surface area contributed by atoms with Crippen LogP contribution in [0.25, 0.3) is 0 Å². The Morgan fingerprint density at radius 1 is 1.15 bits per heavy atom. The van der Waals surface area contributed by atoms with E-state index >= 15 is 0 Å². The minimum absolute atomic E-state index is 0.0446. The Balaban J connectivity index is 2.14. The van der Waals surface area contributed by atoms with Crippen molar-refractivity contribution in [2.24, 2.45) is 5.14 Å². The summed E-state index contributed by atoms with van der Waals surface area (Å²) in [6.07, 6.45) is 3.97. The molecule has 1 rings (SSSR count). The lowest BCUT2D eigenvalue weighted by Crippen LogP contribution is -2.24. The fourth-order valence-corrected chi connectivity index (χ4v) is 3.06. The zero-order chi connectivity index (χ0) is 19.6. The molecule has 1 atom stereocenters. The molecule has 0 aliphatic rings. The van der Waals surface area contributed by atoms with Gasteiger partial charge in [0, 0.05) is 19.2 Å². The fraction of sp³-hybridized carbons (Fsp3) is 0.533. The summed E-state index contributed by atoms with van der Waals surface area (Å²) in [4.78, 5) is 22.8. The lowest BCUT2D eigenvalue weighted by molar-refractivity contribution is -0.223. The highest BCUT2D eigenvalue weighted by molar-refractivity contribution is 7.89. The number of hydrogen-bond donors (Lipinski definition) is 2. The number of primary sulfonamides is 1. The van der Waals surface area contributed by atoms with E-state index in [0.717, 1.165) is 32.8 Å². The maximum Gasteiger partial charge on any atom is 0.267 e. The molecule has 0 fully saturated rings. The van der Waals surface area contributed by atoms with Crippen LogP contribution in [0.4, 0.5) is 0 Å². The van der Waals surface area contributed by atoms with Crippen molar-refractivity contribution in [1.82, 2.24) is 5.32 Å². The lowest BCUT2D eigenvalue weighted by atomic mass is 10.1. The van der Waals surface area contributed by atoms with E-state index in [0.29, 0.717) is 18.5 Å². The van der Waals surface area contributed by atoms with Crippen molar-refractivity contribution in [2.45, 2.75) is 37.0 Å². The number of rotatable bonds is 12. The van der Waals surface area contributed by atoms with Crippen molar-refractivity contribution in [3.05, 3.63) is 29.8 Å². The minimum atomic E-state index is -4.13. The highest BCUT2D eigenvalue weighted by Crippen LogP contribution is 2.36. The maximum atomic E-state index is 11.9. The first-order chi connectivity index (χ1) is 12.2. The lowest BCUT2D eigenvalue weighted by Gasteiger charge is -2.19. The van der Waals surface area contributed by atoms with Gasteiger partial charge < -0.3 is 19.3 Å². The molecule has 0 aliphatic heterocycles. The summed E-state index contributed by atoms with van der Waals surface area (Å²) in [7, 11) is -6.85. The molecule has 0 saturated heterocycles. The van der Waals surface area contributed by atoms with Gasteiger partial charge in [-0.25, -0.2) is 13.6 Å². The van der Waals surface area contributed by atoms with E-state index in [1.807, 2.05) is 0 Å². The number of sulfonamides is 1. The Hall–Kier alpha value is -1.29. The predicted octanol–water partition coefficient (Wildman–Crippen LogP) is 1.15. The first-order valence-electron chi connectivity index (χ1n) is 8.08. The molecule has 0 spiro atoms. The van der Waals surface area contributed by atoms with Crippen LogP contribution in [0.5, 0.6) is 0 Å². The number of nitrogens with one attached hydrogen (secondary N) is 1. The summed E-state index contributed by atoms with van der Waals surface area (Å²) in [6, 6.07) is 5.39. The van der Waals surface area contributed by atoms with Gasteiger partial charge in [0.15, 0.2) is 0 Å². The topological polar surface area (TPSA) is 148 Å². The van der Waals surface area contributed by atoms with E-state index in [1.165, 1.54) is 24.3 Å². The number of nitrogens with two attached hydrogens (primary N) is 1. The second kappa shape index (κ2) is 10.8. The van der Waals surface area contributed by atoms with Gasteiger partial charge in [0.1, 0.15) is 0 Å². The zero-order valence-electron chi connectivity index (χ0n) is 14.5. The maximum absolute atomic E-state index is 11.9. The van der Waals surface area contributed by atoms with Crippen molar-refractivity contribution < 1.29 is 31.7 Å². The molecule has 26 heavy (non-hydrogen) atoms. The zero-order valence-corrected chi connectivity index (χ0v) is 16.3. The van der Waals surface area contributed by atoms with Gasteiger partial charge in [-0.3, -0.25) is 9.36 Å². The van der Waals surface area contributed by atoms with Gasteiger partial charge in [-0.15, -0.1) is 0 Å². The van der Waals surface area contributed by atoms with Crippen molar-refractivity contribution in [2.75, 3.05) is 20.3 Å². The third-order valence-electron chi connectivity index (χ3n) is 3.52. The number of amides is 1. The van der Waals surface area contributed by atoms with Crippen LogP contribution in [0, 0.1) is 0 Å². The Morgan fingerprint density at radius 3 is 2.31 bits per heavy atom. The fourth-order valence-electron chi connectivity index (χ4n) is 2.09. The number of carbonyl (C=O) groups is 1. The van der Waals surface area contributed by atoms with E-state index < -0.39 is 17.8 Å². The van der Waals surface area contributed by atoms with Crippen LogP contribution in [-0.2, 0) is 23.6 Å². The van der Waals surface area contributed by atoms with Crippen molar-refractivity contribution >= 4 is 23.8 Å². The number of carbonyl (C=O) groups excluding carboxylic acids is 1. The molecule has 1 amide bonds. The summed E-state index contributed by atoms with van der Waals surface area (Å²) in [6.45, 7) is 0.589. The minimum Gasteiger partial charge on any atom is -0.756 e. The third-order valence-corrected chi connectivity index (χ3v) is 5.40. The van der Waals surface area contributed by atoms with Gasteiger partial charge in [-0.05, 0) is 37.1 Å². The second-order valence-electron chi connectivity index (χ2n) is 5.56. The van der Waals surface area contributed by atoms with E-state index in [9.17, 15) is 22.7 Å². The van der Waals surface area contributed by atoms with Gasteiger partial charge >= 0.3 is 0 Å². The number of unbranched alkanes of at least 4 members (excludes halogenated alkanes) is 4. The SMILES string of the molecule is COP(=O)([O-])OCCCCCCCNC(=O)c1ccc(S(N)(=O)=O)cc1. The molecule has 9 nitrogen and oxygen atoms in total. The molecule has 148 valence electrons. The second-order valence-corrected chi connectivity index (χ2v) is 8.64. The molecule has 11 heteroatoms. The van der Waals surface area contributed by atoms with Gasteiger partial charge in [0.2, 0.25) is 10.0 Å². The van der Waals surface area contributed by atoms with Gasteiger partial charge in [0.05, 0.1) is 11.5 Å². The van der Waals surface area contributed by atoms with Crippen molar-refractivity contribution in [3.8, 4) is 0 Å². The number of phosphoric acid groups is 1. The highest BCUT2D eigenvalue weighted by Gasteiger charge is 2.10. The standard InChI is InChI=1S/C15H25N2O7PS/c1-23-25(19,20)24-12-6-4-2-3-5-11-17-15(18)13-7-9-14(10-8-13)26(16,21)22/h7-10H,2-6,11-12H2,1H3,(H,17,18)(H,19,20)(H2,16,21,22)/p-1. The first-order valence-corrected chi connectivity index (χ1v) is 11.1. The van der Waals surface area contributed by atoms with Crippen LogP contribution in [0.15, 0.2) is 29.2 Å². The van der Waals surface area contributed by atoms with Crippen molar-refractivity contribution in [3.63, 3.8) is 0 Å². The Kier molecular flexibility index (Phi) is 9.42. The molecule has 0 bridgehead atoms. The van der Waals surface area contributed by atoms with Gasteiger partial charge in [0.25, 0.3) is 13.7 Å². The smallest absolute Gasteiger partial charge is 0.267 e. The van der Waals surface area contributed by atoms with E-state index in [2.05, 4.69) is 14.4 Å². The van der Waals surface area contributed by atoms with Crippen LogP contribution in [0.2, 0.25) is 0 Å². The molecule has 1 aromatic carbocycles. The summed E-state index contributed by atoms with van der Waals surface area (Å²) in [5.74, 6) is -0.287. The molecule has 3 N–H and O–H groups in total. The number of phosphoric ester groups is 1. The number of benzene rings is 1. The van der Waals surface area contributed by atoms with Crippen LogP contribution in [0.1, 0.15) is 42.5 Å². The van der Waals surface area contributed by atoms with Crippen LogP contribution < -0.4 is 15.3 Å². The molecule has 0 radical (unpaired) electrons. The van der Waals surface area contributed by atoms with E-state index in [4.69, 9.17) is 5.14 Å². The average Bonchev–Trinajstić information content (AvgIpc) is 2.59. The molecule has 0 aromatic heterocycles. The van der Waals surface area contributed by atoms with Crippen LogP contribution >= 0.6 is 7.82 Å². The Labute approximate surface area is 153 Å². The monoisotopic (exact) mass is 407 g/mol. The molecule has 1 unspecified atom stereocenters. The van der Waals surface area contributed by atoms with Crippen molar-refractivity contribution in [1.29, 1.82) is 0 Å². The molecule has 0 aliphatic carbocycles. The first kappa shape index (κ1) is 22.8. The van der Waals surface area contributed by atoms with E-state index in [-0.39, 0.29) is 17.4 Å². The van der Waals surface area contributed by atoms with Gasteiger partial charge in [-0.1, -0.05) is 19.3 Å². The Bertz CT molecular complexity index is 722. The number of hydrogen-bond acceptors (Lipinski definition) is 7. The largest absolute Gasteiger partial charge is 0.756 e. The summed E-state index contributed by atoms with van der Waals surface area (Å²) < 4.78 is 42.0. The van der Waals surface area contributed by atoms with Crippen LogP contribution in [0.3, 0.4) is 0 Å². The summed E-state index contributed by atoms with van der Waals surface area (Å²) in [5.41, 5.74) is 0.356.